The van der Waals surface area contributed by atoms with Crippen LogP contribution < -0.4 is 4.90 Å². The van der Waals surface area contributed by atoms with Crippen molar-refractivity contribution in [3.05, 3.63) is 99.7 Å². The number of carbonyl (C=O) groups excluding carboxylic acids is 1. The largest absolute Gasteiger partial charge is 0.368 e. The molecule has 0 N–H and O–H groups in total. The van der Waals surface area contributed by atoms with Gasteiger partial charge in [0.25, 0.3) is 5.91 Å². The summed E-state index contributed by atoms with van der Waals surface area (Å²) in [6.45, 7) is 5.09. The van der Waals surface area contributed by atoms with E-state index in [-0.39, 0.29) is 5.91 Å². The van der Waals surface area contributed by atoms with Gasteiger partial charge in [-0.1, -0.05) is 47.6 Å². The second kappa shape index (κ2) is 11.8. The van der Waals surface area contributed by atoms with Gasteiger partial charge in [0.05, 0.1) is 11.4 Å². The van der Waals surface area contributed by atoms with Gasteiger partial charge in [-0.15, -0.1) is 21.5 Å². The molecule has 0 saturated carbocycles. The molecule has 11 heteroatoms. The van der Waals surface area contributed by atoms with E-state index in [1.54, 1.807) is 12.4 Å². The molecule has 1 saturated heterocycles. The molecule has 0 radical (unpaired) electrons. The van der Waals surface area contributed by atoms with E-state index in [9.17, 15) is 4.79 Å². The number of para-hydroxylation sites is 1. The highest BCUT2D eigenvalue weighted by molar-refractivity contribution is 7.98. The molecule has 0 aliphatic carbocycles. The van der Waals surface area contributed by atoms with Crippen LogP contribution in [0.5, 0.6) is 0 Å². The Morgan fingerprint density at radius 1 is 1.02 bits per heavy atom. The second-order valence-electron chi connectivity index (χ2n) is 9.34. The lowest BCUT2D eigenvalue weighted by Crippen LogP contribution is -2.49. The lowest BCUT2D eigenvalue weighted by molar-refractivity contribution is 0.0741. The number of anilines is 1. The van der Waals surface area contributed by atoms with Gasteiger partial charge in [0.2, 0.25) is 0 Å². The standard InChI is InChI=1S/C29H26ClN7OS2/c1-20-6-2-3-10-25(20)35-12-14-36(15-13-35)28(38)24-18-39-26(32-24)19-40-29-34-33-27(21-7-5-11-31-17-21)37(29)23-9-4-8-22(30)16-23/h2-11,16-18H,12-15,19H2,1H3. The minimum atomic E-state index is -0.0158. The number of piperazine rings is 1. The molecule has 4 heterocycles. The van der Waals surface area contributed by atoms with Crippen molar-refractivity contribution in [2.45, 2.75) is 17.8 Å². The van der Waals surface area contributed by atoms with E-state index in [1.165, 1.54) is 34.3 Å². The third-order valence-electron chi connectivity index (χ3n) is 6.74. The molecule has 5 aromatic rings. The number of benzene rings is 2. The van der Waals surface area contributed by atoms with Gasteiger partial charge in [0.15, 0.2) is 11.0 Å². The fourth-order valence-corrected chi connectivity index (χ4v) is 6.65. The maximum Gasteiger partial charge on any atom is 0.273 e. The molecule has 0 atom stereocenters. The highest BCUT2D eigenvalue weighted by atomic mass is 35.5. The van der Waals surface area contributed by atoms with Crippen LogP contribution >= 0.6 is 34.7 Å². The van der Waals surface area contributed by atoms with E-state index in [0.717, 1.165) is 29.3 Å². The summed E-state index contributed by atoms with van der Waals surface area (Å²) in [5.41, 5.74) is 4.70. The number of carbonyl (C=O) groups is 1. The Labute approximate surface area is 245 Å². The Kier molecular flexibility index (Phi) is 7.81. The van der Waals surface area contributed by atoms with Crippen LogP contribution in [-0.4, -0.2) is 61.7 Å². The number of rotatable bonds is 7. The fourth-order valence-electron chi connectivity index (χ4n) is 4.73. The Morgan fingerprint density at radius 2 is 1.88 bits per heavy atom. The van der Waals surface area contributed by atoms with Gasteiger partial charge in [0.1, 0.15) is 10.7 Å². The molecule has 1 aliphatic heterocycles. The van der Waals surface area contributed by atoms with E-state index in [4.69, 9.17) is 11.6 Å². The number of hydrogen-bond donors (Lipinski definition) is 0. The Bertz CT molecular complexity index is 1630. The topological polar surface area (TPSA) is 80.0 Å². The summed E-state index contributed by atoms with van der Waals surface area (Å²) in [5.74, 6) is 1.22. The van der Waals surface area contributed by atoms with Crippen molar-refractivity contribution >= 4 is 46.3 Å². The van der Waals surface area contributed by atoms with Crippen LogP contribution in [0.2, 0.25) is 5.02 Å². The number of pyridine rings is 1. The van der Waals surface area contributed by atoms with E-state index >= 15 is 0 Å². The second-order valence-corrected chi connectivity index (χ2v) is 11.7. The van der Waals surface area contributed by atoms with E-state index in [0.29, 0.717) is 40.5 Å². The van der Waals surface area contributed by atoms with Crippen molar-refractivity contribution in [1.82, 2.24) is 29.6 Å². The number of aryl methyl sites for hydroxylation is 1. The lowest BCUT2D eigenvalue weighted by atomic mass is 10.1. The molecular weight excluding hydrogens is 562 g/mol. The molecule has 1 fully saturated rings. The average molecular weight is 588 g/mol. The van der Waals surface area contributed by atoms with Gasteiger partial charge in [0, 0.05) is 60.2 Å². The van der Waals surface area contributed by atoms with Crippen LogP contribution in [0.4, 0.5) is 5.69 Å². The lowest BCUT2D eigenvalue weighted by Gasteiger charge is -2.36. The number of aromatic nitrogens is 5. The van der Waals surface area contributed by atoms with Gasteiger partial charge in [-0.2, -0.15) is 0 Å². The van der Waals surface area contributed by atoms with Crippen LogP contribution in [0.1, 0.15) is 21.1 Å². The van der Waals surface area contributed by atoms with Crippen molar-refractivity contribution in [1.29, 1.82) is 0 Å². The monoisotopic (exact) mass is 587 g/mol. The number of thiazole rings is 1. The predicted molar refractivity (Wildman–Crippen MR) is 161 cm³/mol. The number of thioether (sulfide) groups is 1. The first-order valence-corrected chi connectivity index (χ1v) is 15.1. The van der Waals surface area contributed by atoms with E-state index in [2.05, 4.69) is 56.3 Å². The Balaban J connectivity index is 1.14. The first-order valence-electron chi connectivity index (χ1n) is 12.9. The maximum atomic E-state index is 13.2. The molecule has 202 valence electrons. The minimum Gasteiger partial charge on any atom is -0.368 e. The van der Waals surface area contributed by atoms with Crippen LogP contribution in [0.25, 0.3) is 17.1 Å². The first kappa shape index (κ1) is 26.5. The average Bonchev–Trinajstić information content (AvgIpc) is 3.64. The van der Waals surface area contributed by atoms with Crippen molar-refractivity contribution in [3.8, 4) is 17.1 Å². The molecule has 0 unspecified atom stereocenters. The van der Waals surface area contributed by atoms with Crippen molar-refractivity contribution < 1.29 is 4.79 Å². The highest BCUT2D eigenvalue weighted by Gasteiger charge is 2.25. The quantitative estimate of drug-likeness (QED) is 0.216. The fraction of sp³-hybridized carbons (Fsp3) is 0.207. The van der Waals surface area contributed by atoms with Crippen LogP contribution in [0.15, 0.2) is 83.6 Å². The first-order chi connectivity index (χ1) is 19.6. The highest BCUT2D eigenvalue weighted by Crippen LogP contribution is 2.31. The van der Waals surface area contributed by atoms with Crippen LogP contribution in [0.3, 0.4) is 0 Å². The zero-order valence-electron chi connectivity index (χ0n) is 21.8. The molecule has 8 nitrogen and oxygen atoms in total. The molecule has 2 aromatic carbocycles. The number of nitrogens with zero attached hydrogens (tertiary/aromatic N) is 7. The molecule has 3 aromatic heterocycles. The molecule has 1 aliphatic rings. The van der Waals surface area contributed by atoms with Gasteiger partial charge >= 0.3 is 0 Å². The third-order valence-corrected chi connectivity index (χ3v) is 8.94. The van der Waals surface area contributed by atoms with E-state index < -0.39 is 0 Å². The van der Waals surface area contributed by atoms with Crippen LogP contribution in [-0.2, 0) is 5.75 Å². The molecule has 0 spiro atoms. The summed E-state index contributed by atoms with van der Waals surface area (Å²) in [6, 6.07) is 19.8. The SMILES string of the molecule is Cc1ccccc1N1CCN(C(=O)c2csc(CSc3nnc(-c4cccnc4)n3-c3cccc(Cl)c3)n2)CC1. The minimum absolute atomic E-state index is 0.0158. The predicted octanol–water partition coefficient (Wildman–Crippen LogP) is 6.00. The molecule has 1 amide bonds. The van der Waals surface area contributed by atoms with Crippen molar-refractivity contribution in [2.24, 2.45) is 0 Å². The van der Waals surface area contributed by atoms with E-state index in [1.807, 2.05) is 51.2 Å². The van der Waals surface area contributed by atoms with Gasteiger partial charge in [-0.25, -0.2) is 4.98 Å². The van der Waals surface area contributed by atoms with Crippen molar-refractivity contribution in [3.63, 3.8) is 0 Å². The van der Waals surface area contributed by atoms with Gasteiger partial charge < -0.3 is 9.80 Å². The number of hydrogen-bond acceptors (Lipinski definition) is 8. The molecular formula is C29H26ClN7OS2. The van der Waals surface area contributed by atoms with Gasteiger partial charge in [-0.3, -0.25) is 14.3 Å². The van der Waals surface area contributed by atoms with Crippen LogP contribution in [0, 0.1) is 6.92 Å². The molecule has 0 bridgehead atoms. The Morgan fingerprint density at radius 3 is 2.65 bits per heavy atom. The number of halogens is 1. The number of amides is 1. The maximum absolute atomic E-state index is 13.2. The smallest absolute Gasteiger partial charge is 0.273 e. The van der Waals surface area contributed by atoms with Crippen molar-refractivity contribution in [2.75, 3.05) is 31.1 Å². The normalized spacial score (nSPS) is 13.6. The van der Waals surface area contributed by atoms with Gasteiger partial charge in [-0.05, 0) is 48.9 Å². The summed E-state index contributed by atoms with van der Waals surface area (Å²) >= 11 is 9.32. The zero-order valence-corrected chi connectivity index (χ0v) is 24.2. The summed E-state index contributed by atoms with van der Waals surface area (Å²) in [7, 11) is 0. The third kappa shape index (κ3) is 5.60. The summed E-state index contributed by atoms with van der Waals surface area (Å²) < 4.78 is 1.97. The molecule has 6 rings (SSSR count). The summed E-state index contributed by atoms with van der Waals surface area (Å²) in [6.07, 6.45) is 3.49. The summed E-state index contributed by atoms with van der Waals surface area (Å²) in [5, 5.41) is 13.0. The molecule has 40 heavy (non-hydrogen) atoms. The Hall–Kier alpha value is -3.73. The summed E-state index contributed by atoms with van der Waals surface area (Å²) in [4.78, 5) is 26.4. The zero-order chi connectivity index (χ0) is 27.5.